The smallest absolute Gasteiger partial charge is 0.00368 e. The second-order valence-corrected chi connectivity index (χ2v) is 4.24. The Hall–Kier alpha value is -0.200. The lowest BCUT2D eigenvalue weighted by atomic mass is 10.3. The highest BCUT2D eigenvalue weighted by atomic mass is 14.9. The van der Waals surface area contributed by atoms with Crippen LogP contribution in [0.3, 0.4) is 0 Å². The number of nitrogens with two attached hydrogens (primary N) is 2. The summed E-state index contributed by atoms with van der Waals surface area (Å²) in [6.07, 6.45) is 4.51. The monoisotopic (exact) mass is 245 g/mol. The van der Waals surface area contributed by atoms with Gasteiger partial charge < -0.3 is 27.4 Å². The Morgan fingerprint density at radius 1 is 0.471 bits per heavy atom. The zero-order valence-corrected chi connectivity index (χ0v) is 11.1. The van der Waals surface area contributed by atoms with E-state index in [0.29, 0.717) is 0 Å². The summed E-state index contributed by atoms with van der Waals surface area (Å²) in [6.45, 7) is 8.01. The van der Waals surface area contributed by atoms with E-state index in [2.05, 4.69) is 16.0 Å². The van der Waals surface area contributed by atoms with E-state index in [4.69, 9.17) is 11.5 Å². The molecule has 17 heavy (non-hydrogen) atoms. The summed E-state index contributed by atoms with van der Waals surface area (Å²) < 4.78 is 0. The molecule has 0 amide bonds. The first-order chi connectivity index (χ1) is 8.41. The molecular formula is C12H31N5. The van der Waals surface area contributed by atoms with E-state index in [1.807, 2.05) is 0 Å². The third-order valence-electron chi connectivity index (χ3n) is 2.53. The van der Waals surface area contributed by atoms with Gasteiger partial charge in [0.1, 0.15) is 0 Å². The molecule has 0 bridgehead atoms. The zero-order chi connectivity index (χ0) is 12.6. The molecule has 0 saturated heterocycles. The maximum atomic E-state index is 5.40. The van der Waals surface area contributed by atoms with Crippen molar-refractivity contribution in [2.75, 3.05) is 52.4 Å². The maximum absolute atomic E-state index is 5.40. The highest BCUT2D eigenvalue weighted by Gasteiger charge is 1.90. The predicted octanol–water partition coefficient (Wildman–Crippen LogP) is -0.767. The van der Waals surface area contributed by atoms with E-state index in [1.54, 1.807) is 0 Å². The number of hydrogen-bond donors (Lipinski definition) is 5. The molecule has 104 valence electrons. The van der Waals surface area contributed by atoms with Gasteiger partial charge in [-0.1, -0.05) is 0 Å². The van der Waals surface area contributed by atoms with Gasteiger partial charge in [0.15, 0.2) is 0 Å². The van der Waals surface area contributed by atoms with Crippen LogP contribution in [0.2, 0.25) is 0 Å². The number of nitrogens with one attached hydrogen (secondary N) is 3. The summed E-state index contributed by atoms with van der Waals surface area (Å²) in [7, 11) is 0. The second kappa shape index (κ2) is 15.8. The van der Waals surface area contributed by atoms with Crippen LogP contribution < -0.4 is 27.4 Å². The summed E-state index contributed by atoms with van der Waals surface area (Å²) in [5.74, 6) is 0. The van der Waals surface area contributed by atoms with Crippen molar-refractivity contribution < 1.29 is 0 Å². The fraction of sp³-hybridized carbons (Fsp3) is 1.00. The molecule has 0 aromatic rings. The molecule has 5 heteroatoms. The minimum absolute atomic E-state index is 0.780. The molecule has 5 nitrogen and oxygen atoms in total. The van der Waals surface area contributed by atoms with Gasteiger partial charge in [0, 0.05) is 0 Å². The summed E-state index contributed by atoms with van der Waals surface area (Å²) in [4.78, 5) is 0. The van der Waals surface area contributed by atoms with Gasteiger partial charge in [-0.2, -0.15) is 0 Å². The molecule has 0 radical (unpaired) electrons. The molecule has 0 aliphatic carbocycles. The molecule has 0 atom stereocenters. The normalized spacial score (nSPS) is 10.9. The van der Waals surface area contributed by atoms with E-state index < -0.39 is 0 Å². The Morgan fingerprint density at radius 3 is 1.06 bits per heavy atom. The zero-order valence-electron chi connectivity index (χ0n) is 11.1. The van der Waals surface area contributed by atoms with Gasteiger partial charge in [0.05, 0.1) is 0 Å². The first kappa shape index (κ1) is 16.8. The summed E-state index contributed by atoms with van der Waals surface area (Å²) in [5.41, 5.74) is 10.8. The summed E-state index contributed by atoms with van der Waals surface area (Å²) >= 11 is 0. The summed E-state index contributed by atoms with van der Waals surface area (Å²) in [6, 6.07) is 0. The van der Waals surface area contributed by atoms with Crippen LogP contribution in [0.25, 0.3) is 0 Å². The molecule has 0 aromatic carbocycles. The topological polar surface area (TPSA) is 88.1 Å². The van der Waals surface area contributed by atoms with Crippen LogP contribution in [0, 0.1) is 0 Å². The van der Waals surface area contributed by atoms with E-state index in [-0.39, 0.29) is 0 Å². The Bertz CT molecular complexity index is 118. The molecular weight excluding hydrogens is 214 g/mol. The third kappa shape index (κ3) is 15.8. The van der Waals surface area contributed by atoms with Crippen molar-refractivity contribution >= 4 is 0 Å². The van der Waals surface area contributed by atoms with Crippen LogP contribution in [0.5, 0.6) is 0 Å². The van der Waals surface area contributed by atoms with Crippen LogP contribution in [0.15, 0.2) is 0 Å². The van der Waals surface area contributed by atoms with Crippen molar-refractivity contribution in [2.45, 2.75) is 25.7 Å². The van der Waals surface area contributed by atoms with Crippen molar-refractivity contribution in [2.24, 2.45) is 11.5 Å². The lowest BCUT2D eigenvalue weighted by Crippen LogP contribution is -2.26. The van der Waals surface area contributed by atoms with Gasteiger partial charge in [0.2, 0.25) is 0 Å². The molecule has 0 heterocycles. The molecule has 0 unspecified atom stereocenters. The molecule has 0 aromatic heterocycles. The van der Waals surface area contributed by atoms with Gasteiger partial charge in [-0.05, 0) is 78.0 Å². The average Bonchev–Trinajstić information content (AvgIpc) is 2.35. The van der Waals surface area contributed by atoms with E-state index >= 15 is 0 Å². The first-order valence-corrected chi connectivity index (χ1v) is 6.94. The first-order valence-electron chi connectivity index (χ1n) is 6.94. The molecule has 0 aliphatic heterocycles. The molecule has 7 N–H and O–H groups in total. The third-order valence-corrected chi connectivity index (χ3v) is 2.53. The fourth-order valence-corrected chi connectivity index (χ4v) is 1.51. The molecule has 0 spiro atoms. The van der Waals surface area contributed by atoms with Crippen molar-refractivity contribution in [3.05, 3.63) is 0 Å². The van der Waals surface area contributed by atoms with Crippen LogP contribution >= 0.6 is 0 Å². The van der Waals surface area contributed by atoms with Gasteiger partial charge in [-0.15, -0.1) is 0 Å². The van der Waals surface area contributed by atoms with Crippen molar-refractivity contribution in [1.82, 2.24) is 16.0 Å². The van der Waals surface area contributed by atoms with Crippen LogP contribution in [0.1, 0.15) is 25.7 Å². The Labute approximate surface area is 106 Å². The Kier molecular flexibility index (Phi) is 15.6. The minimum Gasteiger partial charge on any atom is -0.330 e. The Morgan fingerprint density at radius 2 is 0.765 bits per heavy atom. The van der Waals surface area contributed by atoms with Gasteiger partial charge in [0.25, 0.3) is 0 Å². The predicted molar refractivity (Wildman–Crippen MR) is 75.2 cm³/mol. The largest absolute Gasteiger partial charge is 0.330 e. The van der Waals surface area contributed by atoms with E-state index in [1.165, 1.54) is 12.8 Å². The minimum atomic E-state index is 0.780. The maximum Gasteiger partial charge on any atom is -0.00368 e. The number of rotatable bonds is 14. The molecule has 0 fully saturated rings. The lowest BCUT2D eigenvalue weighted by molar-refractivity contribution is 0.559. The van der Waals surface area contributed by atoms with Crippen LogP contribution in [-0.4, -0.2) is 52.4 Å². The lowest BCUT2D eigenvalue weighted by Gasteiger charge is -2.06. The van der Waals surface area contributed by atoms with Crippen molar-refractivity contribution in [3.63, 3.8) is 0 Å². The van der Waals surface area contributed by atoms with Crippen LogP contribution in [0.4, 0.5) is 0 Å². The van der Waals surface area contributed by atoms with Crippen molar-refractivity contribution in [3.8, 4) is 0 Å². The second-order valence-electron chi connectivity index (χ2n) is 4.24. The van der Waals surface area contributed by atoms with E-state index in [9.17, 15) is 0 Å². The van der Waals surface area contributed by atoms with Crippen molar-refractivity contribution in [1.29, 1.82) is 0 Å². The average molecular weight is 245 g/mol. The summed E-state index contributed by atoms with van der Waals surface area (Å²) in [5, 5.41) is 10.2. The van der Waals surface area contributed by atoms with Gasteiger partial charge in [-0.25, -0.2) is 0 Å². The number of hydrogen-bond acceptors (Lipinski definition) is 5. The highest BCUT2D eigenvalue weighted by molar-refractivity contribution is 4.54. The molecule has 0 aliphatic rings. The molecule has 0 rings (SSSR count). The van der Waals surface area contributed by atoms with Gasteiger partial charge >= 0.3 is 0 Å². The molecule has 0 saturated carbocycles. The fourth-order valence-electron chi connectivity index (χ4n) is 1.51. The highest BCUT2D eigenvalue weighted by Crippen LogP contribution is 1.78. The van der Waals surface area contributed by atoms with Gasteiger partial charge in [-0.3, -0.25) is 0 Å². The SMILES string of the molecule is NCCCNCCCNCCCNCCCN. The standard InChI is InChI=1S/C12H31N5/c13-5-1-7-15-9-3-11-17-12-4-10-16-8-2-6-14/h15-17H,1-14H2. The van der Waals surface area contributed by atoms with Crippen LogP contribution in [-0.2, 0) is 0 Å². The van der Waals surface area contributed by atoms with E-state index in [0.717, 1.165) is 65.2 Å². The quantitative estimate of drug-likeness (QED) is 0.260. The Balaban J connectivity index is 2.85.